The maximum Gasteiger partial charge on any atom is 0.249 e. The van der Waals surface area contributed by atoms with Gasteiger partial charge in [-0.25, -0.2) is 9.97 Å². The lowest BCUT2D eigenvalue weighted by atomic mass is 10.5. The lowest BCUT2D eigenvalue weighted by molar-refractivity contribution is 0.553. The topological polar surface area (TPSA) is 52.1 Å². The average molecular weight is 215 g/mol. The van der Waals surface area contributed by atoms with Crippen molar-refractivity contribution >= 4 is 15.9 Å². The van der Waals surface area contributed by atoms with Crippen molar-refractivity contribution in [2.45, 2.75) is 0 Å². The van der Waals surface area contributed by atoms with E-state index >= 15 is 0 Å². The van der Waals surface area contributed by atoms with E-state index in [0.717, 1.165) is 0 Å². The van der Waals surface area contributed by atoms with Crippen LogP contribution in [-0.4, -0.2) is 9.97 Å². The van der Waals surface area contributed by atoms with Crippen LogP contribution in [0.4, 0.5) is 0 Å². The van der Waals surface area contributed by atoms with Gasteiger partial charge in [0.15, 0.2) is 12.1 Å². The molecule has 0 aliphatic rings. The number of hydrogen-bond donors (Lipinski definition) is 0. The van der Waals surface area contributed by atoms with Crippen molar-refractivity contribution in [3.05, 3.63) is 23.5 Å². The van der Waals surface area contributed by atoms with E-state index in [0.29, 0.717) is 16.2 Å². The van der Waals surface area contributed by atoms with E-state index in [1.807, 2.05) is 0 Å². The molecular formula is C6H3BrN2O2. The van der Waals surface area contributed by atoms with Crippen molar-refractivity contribution in [3.63, 3.8) is 0 Å². The Hall–Kier alpha value is -1.10. The summed E-state index contributed by atoms with van der Waals surface area (Å²) in [7, 11) is 0. The molecule has 11 heavy (non-hydrogen) atoms. The van der Waals surface area contributed by atoms with Crippen molar-refractivity contribution in [3.8, 4) is 11.6 Å². The molecule has 0 N–H and O–H groups in total. The van der Waals surface area contributed by atoms with Crippen molar-refractivity contribution in [1.82, 2.24) is 9.97 Å². The third-order valence-corrected chi connectivity index (χ3v) is 1.49. The Labute approximate surface area is 70.4 Å². The van der Waals surface area contributed by atoms with Gasteiger partial charge in [0.2, 0.25) is 5.89 Å². The van der Waals surface area contributed by atoms with Gasteiger partial charge in [0.05, 0.1) is 0 Å². The minimum absolute atomic E-state index is 0.450. The monoisotopic (exact) mass is 214 g/mol. The normalized spacial score (nSPS) is 10.3. The maximum atomic E-state index is 5.03. The standard InChI is InChI=1S/C6H3BrN2O2/c7-5-2-11-6(9-5)4-1-10-3-8-4/h1-3H. The van der Waals surface area contributed by atoms with Crippen molar-refractivity contribution in [1.29, 1.82) is 0 Å². The first-order valence-electron chi connectivity index (χ1n) is 2.86. The van der Waals surface area contributed by atoms with Crippen LogP contribution in [0, 0.1) is 0 Å². The molecule has 0 fully saturated rings. The summed E-state index contributed by atoms with van der Waals surface area (Å²) in [6.07, 6.45) is 4.29. The molecular weight excluding hydrogens is 212 g/mol. The second kappa shape index (κ2) is 2.50. The summed E-state index contributed by atoms with van der Waals surface area (Å²) >= 11 is 3.15. The summed E-state index contributed by atoms with van der Waals surface area (Å²) < 4.78 is 10.4. The van der Waals surface area contributed by atoms with Gasteiger partial charge in [-0.05, 0) is 15.9 Å². The molecule has 4 nitrogen and oxygen atoms in total. The molecule has 0 aromatic carbocycles. The van der Waals surface area contributed by atoms with E-state index in [-0.39, 0.29) is 0 Å². The average Bonchev–Trinajstić information content (AvgIpc) is 2.55. The lowest BCUT2D eigenvalue weighted by Gasteiger charge is -1.80. The third kappa shape index (κ3) is 1.19. The van der Waals surface area contributed by atoms with Crippen LogP contribution in [-0.2, 0) is 0 Å². The molecule has 0 spiro atoms. The molecule has 2 heterocycles. The molecule has 0 radical (unpaired) electrons. The molecule has 2 aromatic rings. The van der Waals surface area contributed by atoms with E-state index in [4.69, 9.17) is 8.83 Å². The number of nitrogens with zero attached hydrogens (tertiary/aromatic N) is 2. The SMILES string of the molecule is Brc1coc(-c2cocn2)n1. The number of halogens is 1. The molecule has 5 heteroatoms. The highest BCUT2D eigenvalue weighted by Crippen LogP contribution is 2.18. The largest absolute Gasteiger partial charge is 0.451 e. The van der Waals surface area contributed by atoms with E-state index in [1.54, 1.807) is 0 Å². The highest BCUT2D eigenvalue weighted by molar-refractivity contribution is 9.10. The molecule has 0 amide bonds. The summed E-state index contributed by atoms with van der Waals surface area (Å²) in [5.41, 5.74) is 0.593. The Bertz CT molecular complexity index is 341. The number of aromatic nitrogens is 2. The van der Waals surface area contributed by atoms with E-state index < -0.39 is 0 Å². The summed E-state index contributed by atoms with van der Waals surface area (Å²) in [5.74, 6) is 0.450. The zero-order valence-corrected chi connectivity index (χ0v) is 6.91. The van der Waals surface area contributed by atoms with Crippen molar-refractivity contribution in [2.24, 2.45) is 0 Å². The van der Waals surface area contributed by atoms with Gasteiger partial charge in [-0.3, -0.25) is 0 Å². The van der Waals surface area contributed by atoms with Crippen molar-refractivity contribution in [2.75, 3.05) is 0 Å². The summed E-state index contributed by atoms with van der Waals surface area (Å²) in [6.45, 7) is 0. The van der Waals surface area contributed by atoms with E-state index in [2.05, 4.69) is 25.9 Å². The van der Waals surface area contributed by atoms with Crippen LogP contribution < -0.4 is 0 Å². The van der Waals surface area contributed by atoms with E-state index in [9.17, 15) is 0 Å². The zero-order chi connectivity index (χ0) is 7.68. The van der Waals surface area contributed by atoms with Crippen molar-refractivity contribution < 1.29 is 8.83 Å². The molecule has 0 saturated heterocycles. The van der Waals surface area contributed by atoms with Gasteiger partial charge < -0.3 is 8.83 Å². The first kappa shape index (κ1) is 6.60. The number of hydrogen-bond acceptors (Lipinski definition) is 4. The Morgan fingerprint density at radius 2 is 2.27 bits per heavy atom. The van der Waals surface area contributed by atoms with Gasteiger partial charge in [-0.2, -0.15) is 0 Å². The quantitative estimate of drug-likeness (QED) is 0.730. The molecule has 0 atom stereocenters. The van der Waals surface area contributed by atoms with Crippen LogP contribution in [0.15, 0.2) is 32.4 Å². The fourth-order valence-corrected chi connectivity index (χ4v) is 0.944. The van der Waals surface area contributed by atoms with Crippen LogP contribution in [0.1, 0.15) is 0 Å². The second-order valence-corrected chi connectivity index (χ2v) is 2.66. The molecule has 56 valence electrons. The van der Waals surface area contributed by atoms with Gasteiger partial charge in [0, 0.05) is 0 Å². The Kier molecular flexibility index (Phi) is 1.50. The summed E-state index contributed by atoms with van der Waals surface area (Å²) in [5, 5.41) is 0. The third-order valence-electron chi connectivity index (χ3n) is 1.13. The number of rotatable bonds is 1. The minimum Gasteiger partial charge on any atom is -0.451 e. The maximum absolute atomic E-state index is 5.03. The molecule has 0 bridgehead atoms. The molecule has 2 aromatic heterocycles. The summed E-state index contributed by atoms with van der Waals surface area (Å²) in [4.78, 5) is 7.84. The Morgan fingerprint density at radius 3 is 2.82 bits per heavy atom. The van der Waals surface area contributed by atoms with Gasteiger partial charge in [-0.15, -0.1) is 0 Å². The van der Waals surface area contributed by atoms with Crippen LogP contribution in [0.5, 0.6) is 0 Å². The summed E-state index contributed by atoms with van der Waals surface area (Å²) in [6, 6.07) is 0. The van der Waals surface area contributed by atoms with Crippen LogP contribution in [0.2, 0.25) is 0 Å². The van der Waals surface area contributed by atoms with Gasteiger partial charge in [-0.1, -0.05) is 0 Å². The number of oxazole rings is 2. The molecule has 2 rings (SSSR count). The van der Waals surface area contributed by atoms with Crippen LogP contribution >= 0.6 is 15.9 Å². The Morgan fingerprint density at radius 1 is 1.36 bits per heavy atom. The molecule has 0 aliphatic heterocycles. The first-order valence-corrected chi connectivity index (χ1v) is 3.65. The zero-order valence-electron chi connectivity index (χ0n) is 5.32. The smallest absolute Gasteiger partial charge is 0.249 e. The lowest BCUT2D eigenvalue weighted by Crippen LogP contribution is -1.74. The highest BCUT2D eigenvalue weighted by atomic mass is 79.9. The van der Waals surface area contributed by atoms with Crippen LogP contribution in [0.3, 0.4) is 0 Å². The molecule has 0 unspecified atom stereocenters. The van der Waals surface area contributed by atoms with Crippen LogP contribution in [0.25, 0.3) is 11.6 Å². The predicted molar refractivity (Wildman–Crippen MR) is 39.7 cm³/mol. The molecule has 0 aliphatic carbocycles. The van der Waals surface area contributed by atoms with Gasteiger partial charge in [0.25, 0.3) is 0 Å². The Balaban J connectivity index is 2.45. The van der Waals surface area contributed by atoms with E-state index in [1.165, 1.54) is 18.9 Å². The predicted octanol–water partition coefficient (Wildman–Crippen LogP) is 2.09. The highest BCUT2D eigenvalue weighted by Gasteiger charge is 2.06. The fraction of sp³-hybridized carbons (Fsp3) is 0. The fourth-order valence-electron chi connectivity index (χ4n) is 0.690. The minimum atomic E-state index is 0.450. The second-order valence-electron chi connectivity index (χ2n) is 1.85. The molecule has 0 saturated carbocycles. The first-order chi connectivity index (χ1) is 5.36. The van der Waals surface area contributed by atoms with Gasteiger partial charge in [0.1, 0.15) is 17.1 Å². The van der Waals surface area contributed by atoms with Gasteiger partial charge >= 0.3 is 0 Å².